The van der Waals surface area contributed by atoms with Gasteiger partial charge in [-0.05, 0) is 24.1 Å². The zero-order chi connectivity index (χ0) is 23.3. The highest BCUT2D eigenvalue weighted by Gasteiger charge is 2.21. The molecular formula is C23H20N6O4. The van der Waals surface area contributed by atoms with E-state index < -0.39 is 16.2 Å². The van der Waals surface area contributed by atoms with Gasteiger partial charge in [0.15, 0.2) is 11.2 Å². The minimum absolute atomic E-state index is 0.000221. The Labute approximate surface area is 186 Å². The third kappa shape index (κ3) is 3.23. The first kappa shape index (κ1) is 20.4. The molecule has 10 nitrogen and oxygen atoms in total. The summed E-state index contributed by atoms with van der Waals surface area (Å²) in [4.78, 5) is 40.6. The van der Waals surface area contributed by atoms with Gasteiger partial charge in [0.05, 0.1) is 10.6 Å². The summed E-state index contributed by atoms with van der Waals surface area (Å²) in [6.45, 7) is 0.560. The highest BCUT2D eigenvalue weighted by atomic mass is 16.6. The molecule has 0 aliphatic rings. The van der Waals surface area contributed by atoms with E-state index in [9.17, 15) is 19.7 Å². The Morgan fingerprint density at radius 1 is 0.970 bits per heavy atom. The van der Waals surface area contributed by atoms with Gasteiger partial charge in [0.2, 0.25) is 5.78 Å². The van der Waals surface area contributed by atoms with Crippen LogP contribution < -0.4 is 11.2 Å². The predicted molar refractivity (Wildman–Crippen MR) is 123 cm³/mol. The third-order valence-corrected chi connectivity index (χ3v) is 5.90. The van der Waals surface area contributed by atoms with Gasteiger partial charge in [-0.1, -0.05) is 30.3 Å². The minimum Gasteiger partial charge on any atom is -0.309 e. The number of fused-ring (bicyclic) bond motifs is 3. The van der Waals surface area contributed by atoms with Crippen LogP contribution in [-0.2, 0) is 27.1 Å². The monoisotopic (exact) mass is 444 g/mol. The molecule has 0 bridgehead atoms. The summed E-state index contributed by atoms with van der Waals surface area (Å²) < 4.78 is 6.08. The van der Waals surface area contributed by atoms with Crippen LogP contribution in [0.2, 0.25) is 0 Å². The molecule has 0 spiro atoms. The summed E-state index contributed by atoms with van der Waals surface area (Å²) in [6, 6.07) is 16.2. The van der Waals surface area contributed by atoms with Crippen LogP contribution in [-0.4, -0.2) is 28.0 Å². The molecule has 3 heterocycles. The quantitative estimate of drug-likeness (QED) is 0.306. The summed E-state index contributed by atoms with van der Waals surface area (Å²) in [5, 5.41) is 11.1. The van der Waals surface area contributed by atoms with Gasteiger partial charge in [0.25, 0.3) is 11.2 Å². The molecule has 0 saturated heterocycles. The molecule has 0 aliphatic heterocycles. The number of nitrogens with zero attached hydrogens (tertiary/aromatic N) is 6. The molecule has 0 amide bonds. The van der Waals surface area contributed by atoms with Gasteiger partial charge < -0.3 is 4.57 Å². The second kappa shape index (κ2) is 7.59. The van der Waals surface area contributed by atoms with Crippen LogP contribution in [0.5, 0.6) is 0 Å². The van der Waals surface area contributed by atoms with E-state index in [1.165, 1.54) is 23.7 Å². The van der Waals surface area contributed by atoms with E-state index in [4.69, 9.17) is 0 Å². The lowest BCUT2D eigenvalue weighted by atomic mass is 10.1. The number of aryl methyl sites for hydroxylation is 3. The standard InChI is InChI=1S/C23H20N6O4/c1-25-20-19(21(30)26(2)23(25)31)28-14-18(16-8-10-17(11-9-16)29(32)33)27(22(28)24-20)13-12-15-6-4-3-5-7-15/h3-11,14H,12-13H2,1-2H3. The van der Waals surface area contributed by atoms with Crippen LogP contribution in [0.4, 0.5) is 5.69 Å². The van der Waals surface area contributed by atoms with E-state index in [-0.39, 0.29) is 5.69 Å². The summed E-state index contributed by atoms with van der Waals surface area (Å²) in [5.74, 6) is 0.521. The largest absolute Gasteiger partial charge is 0.332 e. The average molecular weight is 444 g/mol. The lowest BCUT2D eigenvalue weighted by molar-refractivity contribution is -0.384. The Kier molecular flexibility index (Phi) is 4.70. The normalized spacial score (nSPS) is 11.5. The number of hydrogen-bond acceptors (Lipinski definition) is 5. The molecule has 0 radical (unpaired) electrons. The summed E-state index contributed by atoms with van der Waals surface area (Å²) >= 11 is 0. The van der Waals surface area contributed by atoms with Crippen molar-refractivity contribution in [3.63, 3.8) is 0 Å². The molecule has 5 rings (SSSR count). The molecule has 5 aromatic rings. The SMILES string of the molecule is Cn1c(=O)c2c(nc3n(CCc4ccccc4)c(-c4ccc([N+](=O)[O-])cc4)cn23)n(C)c1=O. The van der Waals surface area contributed by atoms with E-state index in [0.717, 1.165) is 21.4 Å². The Morgan fingerprint density at radius 3 is 2.33 bits per heavy atom. The fourth-order valence-electron chi connectivity index (χ4n) is 4.11. The highest BCUT2D eigenvalue weighted by molar-refractivity contribution is 5.78. The number of imidazole rings is 2. The first-order valence-electron chi connectivity index (χ1n) is 10.3. The molecule has 0 saturated carbocycles. The molecule has 33 heavy (non-hydrogen) atoms. The van der Waals surface area contributed by atoms with Crippen molar-refractivity contribution >= 4 is 22.6 Å². The molecule has 0 N–H and O–H groups in total. The zero-order valence-electron chi connectivity index (χ0n) is 18.0. The van der Waals surface area contributed by atoms with Gasteiger partial charge in [0.1, 0.15) is 0 Å². The highest BCUT2D eigenvalue weighted by Crippen LogP contribution is 2.27. The van der Waals surface area contributed by atoms with E-state index in [1.807, 2.05) is 34.9 Å². The van der Waals surface area contributed by atoms with Crippen LogP contribution in [0.25, 0.3) is 28.2 Å². The number of benzene rings is 2. The van der Waals surface area contributed by atoms with E-state index in [2.05, 4.69) is 4.98 Å². The maximum Gasteiger partial charge on any atom is 0.332 e. The molecule has 3 aromatic heterocycles. The molecule has 0 unspecified atom stereocenters. The van der Waals surface area contributed by atoms with Crippen molar-refractivity contribution in [2.75, 3.05) is 0 Å². The molecule has 0 atom stereocenters. The van der Waals surface area contributed by atoms with Crippen LogP contribution in [0.3, 0.4) is 0 Å². The second-order valence-corrected chi connectivity index (χ2v) is 7.87. The van der Waals surface area contributed by atoms with E-state index in [0.29, 0.717) is 29.9 Å². The third-order valence-electron chi connectivity index (χ3n) is 5.90. The molecule has 166 valence electrons. The summed E-state index contributed by atoms with van der Waals surface area (Å²) in [5.41, 5.74) is 2.39. The van der Waals surface area contributed by atoms with Gasteiger partial charge in [-0.2, -0.15) is 4.98 Å². The second-order valence-electron chi connectivity index (χ2n) is 7.87. The lowest BCUT2D eigenvalue weighted by Crippen LogP contribution is -2.37. The predicted octanol–water partition coefficient (Wildman–Crippen LogP) is 2.50. The Hall–Kier alpha value is -4.47. The Balaban J connectivity index is 1.75. The molecular weight excluding hydrogens is 424 g/mol. The van der Waals surface area contributed by atoms with Gasteiger partial charge in [0, 0.05) is 44.5 Å². The van der Waals surface area contributed by atoms with Gasteiger partial charge in [-0.3, -0.25) is 28.4 Å². The van der Waals surface area contributed by atoms with Crippen molar-refractivity contribution in [3.05, 3.63) is 97.3 Å². The number of nitro groups is 1. The number of hydrogen-bond donors (Lipinski definition) is 0. The number of non-ortho nitro benzene ring substituents is 1. The van der Waals surface area contributed by atoms with Crippen LogP contribution >= 0.6 is 0 Å². The molecule has 10 heteroatoms. The van der Waals surface area contributed by atoms with Gasteiger partial charge >= 0.3 is 5.69 Å². The van der Waals surface area contributed by atoms with E-state index in [1.54, 1.807) is 29.8 Å². The van der Waals surface area contributed by atoms with Crippen LogP contribution in [0.15, 0.2) is 70.4 Å². The maximum atomic E-state index is 12.9. The smallest absolute Gasteiger partial charge is 0.309 e. The first-order valence-corrected chi connectivity index (χ1v) is 10.3. The Bertz CT molecular complexity index is 1640. The molecule has 0 aliphatic carbocycles. The average Bonchev–Trinajstić information content (AvgIpc) is 3.37. The molecule has 2 aromatic carbocycles. The van der Waals surface area contributed by atoms with Crippen molar-refractivity contribution in [1.29, 1.82) is 0 Å². The van der Waals surface area contributed by atoms with Crippen molar-refractivity contribution in [2.24, 2.45) is 14.1 Å². The van der Waals surface area contributed by atoms with Crippen molar-refractivity contribution in [1.82, 2.24) is 23.1 Å². The minimum atomic E-state index is -0.445. The van der Waals surface area contributed by atoms with Gasteiger partial charge in [-0.15, -0.1) is 0 Å². The number of rotatable bonds is 5. The van der Waals surface area contributed by atoms with Crippen molar-refractivity contribution in [2.45, 2.75) is 13.0 Å². The maximum absolute atomic E-state index is 12.9. The first-order chi connectivity index (χ1) is 15.9. The van der Waals surface area contributed by atoms with Gasteiger partial charge in [-0.25, -0.2) is 4.79 Å². The summed E-state index contributed by atoms with van der Waals surface area (Å²) in [7, 11) is 3.02. The van der Waals surface area contributed by atoms with Crippen molar-refractivity contribution in [3.8, 4) is 11.3 Å². The topological polar surface area (TPSA) is 109 Å². The fraction of sp³-hybridized carbons (Fsp3) is 0.174. The van der Waals surface area contributed by atoms with Crippen LogP contribution in [0.1, 0.15) is 5.56 Å². The van der Waals surface area contributed by atoms with Crippen LogP contribution in [0, 0.1) is 10.1 Å². The molecule has 0 fully saturated rings. The summed E-state index contributed by atoms with van der Waals surface area (Å²) in [6.07, 6.45) is 2.51. The van der Waals surface area contributed by atoms with Crippen molar-refractivity contribution < 1.29 is 4.92 Å². The lowest BCUT2D eigenvalue weighted by Gasteiger charge is -2.09. The fourth-order valence-corrected chi connectivity index (χ4v) is 4.11. The Morgan fingerprint density at radius 2 is 1.67 bits per heavy atom. The number of aromatic nitrogens is 5. The van der Waals surface area contributed by atoms with E-state index >= 15 is 0 Å². The number of nitro benzene ring substituents is 1. The zero-order valence-corrected chi connectivity index (χ0v) is 18.0.